The molecule has 25 heavy (non-hydrogen) atoms. The zero-order chi connectivity index (χ0) is 18.4. The fourth-order valence-electron chi connectivity index (χ4n) is 2.53. The summed E-state index contributed by atoms with van der Waals surface area (Å²) in [5, 5.41) is 12.8. The number of nitrogens with one attached hydrogen (secondary N) is 1. The van der Waals surface area contributed by atoms with Gasteiger partial charge in [-0.1, -0.05) is 19.4 Å². The van der Waals surface area contributed by atoms with Gasteiger partial charge >= 0.3 is 0 Å². The molecule has 0 saturated carbocycles. The van der Waals surface area contributed by atoms with Crippen molar-refractivity contribution in [1.29, 1.82) is 0 Å². The number of rotatable bonds is 7. The number of amides is 1. The molecule has 0 heterocycles. The van der Waals surface area contributed by atoms with Gasteiger partial charge in [0, 0.05) is 5.56 Å². The lowest BCUT2D eigenvalue weighted by molar-refractivity contribution is 0.102. The summed E-state index contributed by atoms with van der Waals surface area (Å²) in [6.45, 7) is 2.07. The molecule has 0 aromatic heterocycles. The minimum Gasteiger partial charge on any atom is -0.506 e. The number of benzene rings is 2. The second-order valence-corrected chi connectivity index (χ2v) is 5.47. The minimum atomic E-state index is -0.391. The first-order valence-electron chi connectivity index (χ1n) is 7.97. The largest absolute Gasteiger partial charge is 0.506 e. The number of phenolic OH excluding ortho intramolecular Hbond substituents is 1. The van der Waals surface area contributed by atoms with Gasteiger partial charge in [0.15, 0.2) is 11.5 Å². The molecule has 0 spiro atoms. The normalized spacial score (nSPS) is 10.2. The molecule has 134 valence electrons. The highest BCUT2D eigenvalue weighted by Gasteiger charge is 2.17. The molecule has 0 radical (unpaired) electrons. The molecular formula is C19H23NO5. The van der Waals surface area contributed by atoms with Gasteiger partial charge in [0.05, 0.1) is 27.0 Å². The second kappa shape index (κ2) is 8.28. The molecule has 2 N–H and O–H groups in total. The van der Waals surface area contributed by atoms with E-state index in [4.69, 9.17) is 14.2 Å². The third-order valence-electron chi connectivity index (χ3n) is 3.78. The van der Waals surface area contributed by atoms with Crippen LogP contribution < -0.4 is 19.5 Å². The summed E-state index contributed by atoms with van der Waals surface area (Å²) >= 11 is 0. The first kappa shape index (κ1) is 18.4. The number of carbonyl (C=O) groups excluding carboxylic acids is 1. The molecule has 2 aromatic rings. The molecule has 0 unspecified atom stereocenters. The van der Waals surface area contributed by atoms with Gasteiger partial charge in [-0.2, -0.15) is 0 Å². The summed E-state index contributed by atoms with van der Waals surface area (Å²) in [7, 11) is 4.46. The molecule has 2 aromatic carbocycles. The molecule has 0 aliphatic carbocycles. The topological polar surface area (TPSA) is 77.0 Å². The van der Waals surface area contributed by atoms with Gasteiger partial charge in [-0.3, -0.25) is 4.79 Å². The SMILES string of the molecule is CCCc1ccc(NC(=O)c2cc(OC)c(OC)c(OC)c2)c(O)c1. The van der Waals surface area contributed by atoms with Crippen molar-refractivity contribution in [2.75, 3.05) is 26.6 Å². The fraction of sp³-hybridized carbons (Fsp3) is 0.316. The highest BCUT2D eigenvalue weighted by atomic mass is 16.5. The van der Waals surface area contributed by atoms with Crippen molar-refractivity contribution in [2.45, 2.75) is 19.8 Å². The van der Waals surface area contributed by atoms with E-state index >= 15 is 0 Å². The summed E-state index contributed by atoms with van der Waals surface area (Å²) in [6, 6.07) is 8.34. The fourth-order valence-corrected chi connectivity index (χ4v) is 2.53. The first-order valence-corrected chi connectivity index (χ1v) is 7.97. The van der Waals surface area contributed by atoms with E-state index in [1.165, 1.54) is 21.3 Å². The number of anilines is 1. The van der Waals surface area contributed by atoms with Crippen molar-refractivity contribution >= 4 is 11.6 Å². The number of aryl methyl sites for hydroxylation is 1. The van der Waals surface area contributed by atoms with Crippen LogP contribution in [0.1, 0.15) is 29.3 Å². The lowest BCUT2D eigenvalue weighted by atomic mass is 10.1. The molecule has 6 nitrogen and oxygen atoms in total. The number of hydrogen-bond acceptors (Lipinski definition) is 5. The molecule has 0 saturated heterocycles. The van der Waals surface area contributed by atoms with Gasteiger partial charge in [-0.25, -0.2) is 0 Å². The van der Waals surface area contributed by atoms with Crippen LogP contribution in [0.25, 0.3) is 0 Å². The molecule has 0 atom stereocenters. The Labute approximate surface area is 147 Å². The van der Waals surface area contributed by atoms with E-state index in [2.05, 4.69) is 12.2 Å². The number of phenols is 1. The van der Waals surface area contributed by atoms with Crippen LogP contribution in [0.2, 0.25) is 0 Å². The Morgan fingerprint density at radius 3 is 2.16 bits per heavy atom. The maximum absolute atomic E-state index is 12.5. The van der Waals surface area contributed by atoms with E-state index in [9.17, 15) is 9.90 Å². The number of hydrogen-bond donors (Lipinski definition) is 2. The third kappa shape index (κ3) is 4.15. The van der Waals surface area contributed by atoms with Crippen LogP contribution >= 0.6 is 0 Å². The lowest BCUT2D eigenvalue weighted by Crippen LogP contribution is -2.13. The highest BCUT2D eigenvalue weighted by molar-refractivity contribution is 6.05. The van der Waals surface area contributed by atoms with Gasteiger partial charge in [0.25, 0.3) is 5.91 Å². The number of aromatic hydroxyl groups is 1. The van der Waals surface area contributed by atoms with Crippen molar-refractivity contribution in [2.24, 2.45) is 0 Å². The summed E-state index contributed by atoms with van der Waals surface area (Å²) in [6.07, 6.45) is 1.85. The quantitative estimate of drug-likeness (QED) is 0.750. The molecule has 0 aliphatic rings. The average molecular weight is 345 g/mol. The van der Waals surface area contributed by atoms with E-state index in [0.717, 1.165) is 18.4 Å². The molecule has 1 amide bonds. The molecule has 0 fully saturated rings. The van der Waals surface area contributed by atoms with Crippen molar-refractivity contribution in [3.8, 4) is 23.0 Å². The summed E-state index contributed by atoms with van der Waals surface area (Å²) in [5.74, 6) is 0.821. The van der Waals surface area contributed by atoms with E-state index in [0.29, 0.717) is 28.5 Å². The van der Waals surface area contributed by atoms with Gasteiger partial charge in [0.1, 0.15) is 5.75 Å². The van der Waals surface area contributed by atoms with E-state index in [-0.39, 0.29) is 5.75 Å². The molecule has 0 aliphatic heterocycles. The Morgan fingerprint density at radius 1 is 1.04 bits per heavy atom. The molecule has 6 heteroatoms. The Bertz CT molecular complexity index is 732. The predicted molar refractivity (Wildman–Crippen MR) is 96.2 cm³/mol. The van der Waals surface area contributed by atoms with Gasteiger partial charge in [-0.15, -0.1) is 0 Å². The molecule has 0 bridgehead atoms. The Balaban J connectivity index is 2.29. The van der Waals surface area contributed by atoms with Crippen LogP contribution in [0.15, 0.2) is 30.3 Å². The average Bonchev–Trinajstić information content (AvgIpc) is 2.62. The van der Waals surface area contributed by atoms with Crippen molar-refractivity contribution < 1.29 is 24.1 Å². The number of methoxy groups -OCH3 is 3. The summed E-state index contributed by atoms with van der Waals surface area (Å²) in [4.78, 5) is 12.5. The first-order chi connectivity index (χ1) is 12.0. The second-order valence-electron chi connectivity index (χ2n) is 5.47. The summed E-state index contributed by atoms with van der Waals surface area (Å²) < 4.78 is 15.7. The summed E-state index contributed by atoms with van der Waals surface area (Å²) in [5.41, 5.74) is 1.69. The highest BCUT2D eigenvalue weighted by Crippen LogP contribution is 2.38. The van der Waals surface area contributed by atoms with E-state index < -0.39 is 5.91 Å². The lowest BCUT2D eigenvalue weighted by Gasteiger charge is -2.14. The zero-order valence-corrected chi connectivity index (χ0v) is 14.9. The van der Waals surface area contributed by atoms with Gasteiger partial charge < -0.3 is 24.6 Å². The Hall–Kier alpha value is -2.89. The molecular weight excluding hydrogens is 322 g/mol. The Kier molecular flexibility index (Phi) is 6.11. The van der Waals surface area contributed by atoms with Crippen LogP contribution in [0.3, 0.4) is 0 Å². The van der Waals surface area contributed by atoms with Crippen LogP contribution in [-0.4, -0.2) is 32.3 Å². The van der Waals surface area contributed by atoms with Crippen molar-refractivity contribution in [3.63, 3.8) is 0 Å². The number of carbonyl (C=O) groups is 1. The van der Waals surface area contributed by atoms with E-state index in [1.54, 1.807) is 24.3 Å². The maximum Gasteiger partial charge on any atom is 0.256 e. The van der Waals surface area contributed by atoms with Gasteiger partial charge in [0.2, 0.25) is 5.75 Å². The maximum atomic E-state index is 12.5. The van der Waals surface area contributed by atoms with E-state index in [1.807, 2.05) is 6.07 Å². The van der Waals surface area contributed by atoms with Crippen LogP contribution in [0.4, 0.5) is 5.69 Å². The monoisotopic (exact) mass is 345 g/mol. The Morgan fingerprint density at radius 2 is 1.68 bits per heavy atom. The zero-order valence-electron chi connectivity index (χ0n) is 14.9. The third-order valence-corrected chi connectivity index (χ3v) is 3.78. The smallest absolute Gasteiger partial charge is 0.256 e. The van der Waals surface area contributed by atoms with Crippen LogP contribution in [0.5, 0.6) is 23.0 Å². The van der Waals surface area contributed by atoms with Crippen LogP contribution in [-0.2, 0) is 6.42 Å². The minimum absolute atomic E-state index is 0.0340. The van der Waals surface area contributed by atoms with Crippen molar-refractivity contribution in [3.05, 3.63) is 41.5 Å². The standard InChI is InChI=1S/C19H23NO5/c1-5-6-12-7-8-14(15(21)9-12)20-19(22)13-10-16(23-2)18(25-4)17(11-13)24-3/h7-11,21H,5-6H2,1-4H3,(H,20,22). The van der Waals surface area contributed by atoms with Gasteiger partial charge in [-0.05, 0) is 36.2 Å². The molecule has 2 rings (SSSR count). The number of ether oxygens (including phenoxy) is 3. The van der Waals surface area contributed by atoms with Crippen molar-refractivity contribution in [1.82, 2.24) is 0 Å². The predicted octanol–water partition coefficient (Wildman–Crippen LogP) is 3.62. The van der Waals surface area contributed by atoms with Crippen LogP contribution in [0, 0.1) is 0 Å².